The fourth-order valence-electron chi connectivity index (χ4n) is 3.73. The third-order valence-electron chi connectivity index (χ3n) is 5.38. The molecule has 0 spiro atoms. The SMILES string of the molecule is Cc1ccccc1C(C=NOCCN1CCC=C(C(=O)O)C1)c1ccc(F)cc1C.Cl. The summed E-state index contributed by atoms with van der Waals surface area (Å²) in [6, 6.07) is 12.8. The van der Waals surface area contributed by atoms with Crippen LogP contribution in [0.2, 0.25) is 0 Å². The molecule has 0 amide bonds. The van der Waals surface area contributed by atoms with E-state index in [0.29, 0.717) is 25.3 Å². The zero-order chi connectivity index (χ0) is 21.5. The molecule has 2 aromatic carbocycles. The summed E-state index contributed by atoms with van der Waals surface area (Å²) in [5.41, 5.74) is 4.48. The van der Waals surface area contributed by atoms with Gasteiger partial charge in [-0.05, 0) is 54.7 Å². The summed E-state index contributed by atoms with van der Waals surface area (Å²) in [5.74, 6) is -1.28. The van der Waals surface area contributed by atoms with Crippen LogP contribution in [-0.2, 0) is 9.63 Å². The van der Waals surface area contributed by atoms with Gasteiger partial charge < -0.3 is 9.94 Å². The number of carbonyl (C=O) groups is 1. The number of hydrogen-bond donors (Lipinski definition) is 1. The normalized spacial score (nSPS) is 15.3. The molecule has 166 valence electrons. The second-order valence-electron chi connectivity index (χ2n) is 7.52. The highest BCUT2D eigenvalue weighted by Crippen LogP contribution is 2.28. The van der Waals surface area contributed by atoms with E-state index in [1.54, 1.807) is 18.4 Å². The predicted molar refractivity (Wildman–Crippen MR) is 123 cm³/mol. The molecule has 1 heterocycles. The summed E-state index contributed by atoms with van der Waals surface area (Å²) in [6.45, 7) is 6.13. The number of oxime groups is 1. The first-order valence-electron chi connectivity index (χ1n) is 10.1. The van der Waals surface area contributed by atoms with Crippen LogP contribution in [0.15, 0.2) is 59.3 Å². The molecule has 31 heavy (non-hydrogen) atoms. The average molecular weight is 447 g/mol. The number of carboxylic acid groups (broad SMARTS) is 1. The summed E-state index contributed by atoms with van der Waals surface area (Å²) >= 11 is 0. The largest absolute Gasteiger partial charge is 0.478 e. The van der Waals surface area contributed by atoms with Gasteiger partial charge in [0.25, 0.3) is 0 Å². The van der Waals surface area contributed by atoms with E-state index in [2.05, 4.69) is 5.16 Å². The van der Waals surface area contributed by atoms with Gasteiger partial charge in [0.15, 0.2) is 0 Å². The van der Waals surface area contributed by atoms with Crippen molar-refractivity contribution in [2.45, 2.75) is 26.2 Å². The van der Waals surface area contributed by atoms with Crippen molar-refractivity contribution in [1.29, 1.82) is 0 Å². The Kier molecular flexibility index (Phi) is 9.21. The Morgan fingerprint density at radius 2 is 1.97 bits per heavy atom. The highest BCUT2D eigenvalue weighted by Gasteiger charge is 2.18. The van der Waals surface area contributed by atoms with E-state index in [1.807, 2.05) is 43.0 Å². The number of benzene rings is 2. The van der Waals surface area contributed by atoms with Crippen molar-refractivity contribution in [1.82, 2.24) is 4.90 Å². The Morgan fingerprint density at radius 1 is 1.23 bits per heavy atom. The molecule has 5 nitrogen and oxygen atoms in total. The van der Waals surface area contributed by atoms with Crippen molar-refractivity contribution < 1.29 is 19.1 Å². The lowest BCUT2D eigenvalue weighted by Gasteiger charge is -2.24. The Morgan fingerprint density at radius 3 is 2.68 bits per heavy atom. The first-order valence-corrected chi connectivity index (χ1v) is 10.1. The fraction of sp³-hybridized carbons (Fsp3) is 0.333. The molecule has 0 saturated heterocycles. The molecule has 0 radical (unpaired) electrons. The first-order chi connectivity index (χ1) is 14.5. The Hall–Kier alpha value is -2.70. The van der Waals surface area contributed by atoms with Crippen LogP contribution in [0.5, 0.6) is 0 Å². The predicted octanol–water partition coefficient (Wildman–Crippen LogP) is 4.72. The number of aliphatic carboxylic acids is 1. The summed E-state index contributed by atoms with van der Waals surface area (Å²) in [7, 11) is 0. The van der Waals surface area contributed by atoms with Crippen LogP contribution < -0.4 is 0 Å². The molecule has 1 aliphatic heterocycles. The van der Waals surface area contributed by atoms with E-state index < -0.39 is 5.97 Å². The van der Waals surface area contributed by atoms with E-state index >= 15 is 0 Å². The van der Waals surface area contributed by atoms with Crippen molar-refractivity contribution in [2.24, 2.45) is 5.16 Å². The van der Waals surface area contributed by atoms with Gasteiger partial charge in [-0.1, -0.05) is 41.6 Å². The van der Waals surface area contributed by atoms with Crippen molar-refractivity contribution in [3.63, 3.8) is 0 Å². The van der Waals surface area contributed by atoms with Gasteiger partial charge in [0.2, 0.25) is 0 Å². The maximum atomic E-state index is 13.6. The molecule has 3 rings (SSSR count). The van der Waals surface area contributed by atoms with Crippen LogP contribution in [0.25, 0.3) is 0 Å². The minimum atomic E-state index is -0.866. The van der Waals surface area contributed by atoms with Gasteiger partial charge in [-0.25, -0.2) is 9.18 Å². The molecule has 0 bridgehead atoms. The first kappa shape index (κ1) is 24.6. The second kappa shape index (κ2) is 11.6. The van der Waals surface area contributed by atoms with Crippen LogP contribution in [0, 0.1) is 19.7 Å². The molecule has 1 atom stereocenters. The number of halogens is 2. The highest BCUT2D eigenvalue weighted by atomic mass is 35.5. The van der Waals surface area contributed by atoms with E-state index in [0.717, 1.165) is 35.2 Å². The van der Waals surface area contributed by atoms with Crippen molar-refractivity contribution >= 4 is 24.6 Å². The highest BCUT2D eigenvalue weighted by molar-refractivity contribution is 5.87. The molecule has 0 saturated carbocycles. The zero-order valence-corrected chi connectivity index (χ0v) is 18.6. The maximum absolute atomic E-state index is 13.6. The summed E-state index contributed by atoms with van der Waals surface area (Å²) < 4.78 is 13.6. The minimum Gasteiger partial charge on any atom is -0.478 e. The summed E-state index contributed by atoms with van der Waals surface area (Å²) in [5, 5.41) is 13.3. The molecular weight excluding hydrogens is 419 g/mol. The lowest BCUT2D eigenvalue weighted by molar-refractivity contribution is -0.133. The molecule has 0 fully saturated rings. The van der Waals surface area contributed by atoms with Gasteiger partial charge in [-0.15, -0.1) is 12.4 Å². The number of nitrogens with zero attached hydrogens (tertiary/aromatic N) is 2. The molecule has 0 aliphatic carbocycles. The van der Waals surface area contributed by atoms with Crippen molar-refractivity contribution in [2.75, 3.05) is 26.2 Å². The van der Waals surface area contributed by atoms with Crippen molar-refractivity contribution in [3.8, 4) is 0 Å². The molecule has 7 heteroatoms. The third kappa shape index (κ3) is 6.64. The number of aryl methyl sites for hydroxylation is 2. The lowest BCUT2D eigenvalue weighted by Crippen LogP contribution is -2.34. The monoisotopic (exact) mass is 446 g/mol. The molecule has 2 aromatic rings. The second-order valence-corrected chi connectivity index (χ2v) is 7.52. The fourth-order valence-corrected chi connectivity index (χ4v) is 3.73. The maximum Gasteiger partial charge on any atom is 0.332 e. The Balaban J connectivity index is 0.00000341. The van der Waals surface area contributed by atoms with E-state index in [4.69, 9.17) is 9.94 Å². The van der Waals surface area contributed by atoms with Gasteiger partial charge in [0.1, 0.15) is 12.4 Å². The molecular formula is C24H28ClFN2O3. The Labute approximate surface area is 188 Å². The molecule has 0 aromatic heterocycles. The molecule has 1 N–H and O–H groups in total. The Bertz CT molecular complexity index is 962. The van der Waals surface area contributed by atoms with E-state index in [9.17, 15) is 9.18 Å². The lowest BCUT2D eigenvalue weighted by atomic mass is 9.87. The molecule has 1 unspecified atom stereocenters. The van der Waals surface area contributed by atoms with Crippen LogP contribution in [0.4, 0.5) is 4.39 Å². The zero-order valence-electron chi connectivity index (χ0n) is 17.8. The third-order valence-corrected chi connectivity index (χ3v) is 5.38. The number of carboxylic acids is 1. The topological polar surface area (TPSA) is 62.1 Å². The number of rotatable bonds is 8. The number of hydrogen-bond acceptors (Lipinski definition) is 4. The van der Waals surface area contributed by atoms with Crippen LogP contribution in [0.1, 0.15) is 34.6 Å². The van der Waals surface area contributed by atoms with Gasteiger partial charge >= 0.3 is 5.97 Å². The van der Waals surface area contributed by atoms with E-state index in [1.165, 1.54) is 12.1 Å². The van der Waals surface area contributed by atoms with Crippen LogP contribution >= 0.6 is 12.4 Å². The van der Waals surface area contributed by atoms with Gasteiger partial charge in [0, 0.05) is 31.1 Å². The summed E-state index contributed by atoms with van der Waals surface area (Å²) in [6.07, 6.45) is 4.25. The summed E-state index contributed by atoms with van der Waals surface area (Å²) in [4.78, 5) is 18.7. The molecule has 1 aliphatic rings. The smallest absolute Gasteiger partial charge is 0.332 e. The quantitative estimate of drug-likeness (QED) is 0.362. The van der Waals surface area contributed by atoms with E-state index in [-0.39, 0.29) is 24.1 Å². The standard InChI is InChI=1S/C24H27FN2O3.ClH/c1-17-6-3-4-8-21(17)23(22-10-9-20(25)14-18(22)2)15-26-30-13-12-27-11-5-7-19(16-27)24(28)29;/h3-4,6-10,14-15,23H,5,11-13,16H2,1-2H3,(H,28,29);1H. The van der Waals surface area contributed by atoms with Crippen LogP contribution in [-0.4, -0.2) is 48.4 Å². The van der Waals surface area contributed by atoms with Gasteiger partial charge in [-0.3, -0.25) is 4.90 Å². The van der Waals surface area contributed by atoms with Crippen LogP contribution in [0.3, 0.4) is 0 Å². The average Bonchev–Trinajstić information content (AvgIpc) is 2.72. The van der Waals surface area contributed by atoms with Crippen molar-refractivity contribution in [3.05, 3.63) is 82.2 Å². The van der Waals surface area contributed by atoms with Gasteiger partial charge in [-0.2, -0.15) is 0 Å². The van der Waals surface area contributed by atoms with Gasteiger partial charge in [0.05, 0.1) is 6.21 Å². The minimum absolute atomic E-state index is 0.